The van der Waals surface area contributed by atoms with E-state index in [2.05, 4.69) is 10.6 Å². The number of aryl methyl sites for hydroxylation is 3. The number of carbonyl (C=O) groups is 2. The van der Waals surface area contributed by atoms with Crippen molar-refractivity contribution in [3.8, 4) is 5.75 Å². The average molecular weight is 473 g/mol. The van der Waals surface area contributed by atoms with Gasteiger partial charge in [-0.15, -0.1) is 0 Å². The molecule has 3 rings (SSSR count). The van der Waals surface area contributed by atoms with Gasteiger partial charge in [0.1, 0.15) is 5.75 Å². The Bertz CT molecular complexity index is 1190. The van der Waals surface area contributed by atoms with Gasteiger partial charge in [0.2, 0.25) is 0 Å². The summed E-state index contributed by atoms with van der Waals surface area (Å²) in [5.41, 5.74) is 2.78. The largest absolute Gasteiger partial charge is 0.494 e. The smallest absolute Gasteiger partial charge is 0.338 e. The Balaban J connectivity index is 2.10. The second kappa shape index (κ2) is 9.66. The van der Waals surface area contributed by atoms with Gasteiger partial charge in [-0.2, -0.15) is 0 Å². The quantitative estimate of drug-likeness (QED) is 0.599. The number of rotatable bonds is 7. The van der Waals surface area contributed by atoms with E-state index in [0.29, 0.717) is 29.0 Å². The molecule has 0 aromatic heterocycles. The van der Waals surface area contributed by atoms with E-state index >= 15 is 0 Å². The van der Waals surface area contributed by atoms with Gasteiger partial charge in [-0.1, -0.05) is 29.8 Å². The first-order valence-electron chi connectivity index (χ1n) is 10.5. The Morgan fingerprint density at radius 2 is 1.67 bits per heavy atom. The van der Waals surface area contributed by atoms with Crippen molar-refractivity contribution in [1.29, 1.82) is 0 Å². The van der Waals surface area contributed by atoms with E-state index in [0.717, 1.165) is 5.56 Å². The lowest BCUT2D eigenvalue weighted by atomic mass is 9.95. The van der Waals surface area contributed by atoms with Crippen molar-refractivity contribution in [2.24, 2.45) is 0 Å². The van der Waals surface area contributed by atoms with Crippen molar-refractivity contribution in [2.75, 3.05) is 19.5 Å². The Morgan fingerprint density at radius 1 is 1.06 bits per heavy atom. The van der Waals surface area contributed by atoms with Crippen molar-refractivity contribution in [3.63, 3.8) is 0 Å². The summed E-state index contributed by atoms with van der Waals surface area (Å²) >= 11 is 0. The van der Waals surface area contributed by atoms with Gasteiger partial charge in [0.25, 0.3) is 0 Å². The first-order chi connectivity index (χ1) is 15.6. The van der Waals surface area contributed by atoms with E-state index in [4.69, 9.17) is 9.47 Å². The summed E-state index contributed by atoms with van der Waals surface area (Å²) in [5, 5.41) is 5.20. The number of benzene rings is 2. The Morgan fingerprint density at radius 3 is 2.21 bits per heavy atom. The molecule has 8 nitrogen and oxygen atoms in total. The molecule has 9 heteroatoms. The SMILES string of the molecule is CCOc1ccc([C@H]2NC(=O)NC(CS(=O)(=O)c3c(C)cc(C)cc3C)=C2C(=O)OC)cc1. The number of sulfone groups is 1. The number of urea groups is 1. The minimum atomic E-state index is -3.88. The van der Waals surface area contributed by atoms with Crippen molar-refractivity contribution in [2.45, 2.75) is 38.6 Å². The first kappa shape index (κ1) is 24.3. The van der Waals surface area contributed by atoms with E-state index in [-0.39, 0.29) is 16.2 Å². The van der Waals surface area contributed by atoms with E-state index in [1.807, 2.05) is 13.8 Å². The molecule has 2 aromatic carbocycles. The number of carbonyl (C=O) groups excluding carboxylic acids is 2. The fourth-order valence-electron chi connectivity index (χ4n) is 4.18. The molecule has 2 N–H and O–H groups in total. The molecule has 2 amide bonds. The number of methoxy groups -OCH3 is 1. The molecular weight excluding hydrogens is 444 g/mol. The topological polar surface area (TPSA) is 111 Å². The summed E-state index contributed by atoms with van der Waals surface area (Å²) in [6, 6.07) is 8.96. The van der Waals surface area contributed by atoms with Crippen molar-refractivity contribution in [1.82, 2.24) is 10.6 Å². The molecule has 33 heavy (non-hydrogen) atoms. The van der Waals surface area contributed by atoms with Crippen LogP contribution in [0.25, 0.3) is 0 Å². The van der Waals surface area contributed by atoms with Crippen LogP contribution in [0.5, 0.6) is 5.75 Å². The highest BCUT2D eigenvalue weighted by atomic mass is 32.2. The molecule has 176 valence electrons. The lowest BCUT2D eigenvalue weighted by Gasteiger charge is -2.29. The summed E-state index contributed by atoms with van der Waals surface area (Å²) in [7, 11) is -2.67. The lowest BCUT2D eigenvalue weighted by molar-refractivity contribution is -0.136. The van der Waals surface area contributed by atoms with E-state index in [1.54, 1.807) is 50.2 Å². The maximum absolute atomic E-state index is 13.4. The summed E-state index contributed by atoms with van der Waals surface area (Å²) < 4.78 is 37.2. The Hall–Kier alpha value is -3.33. The summed E-state index contributed by atoms with van der Waals surface area (Å²) in [6.07, 6.45) is 0. The van der Waals surface area contributed by atoms with Gasteiger partial charge >= 0.3 is 12.0 Å². The van der Waals surface area contributed by atoms with Crippen LogP contribution in [0, 0.1) is 20.8 Å². The van der Waals surface area contributed by atoms with Crippen LogP contribution in [0.3, 0.4) is 0 Å². The van der Waals surface area contributed by atoms with Crippen LogP contribution >= 0.6 is 0 Å². The number of nitrogens with one attached hydrogen (secondary N) is 2. The maximum atomic E-state index is 13.4. The van der Waals surface area contributed by atoms with Gasteiger partial charge in [-0.05, 0) is 56.5 Å². The lowest BCUT2D eigenvalue weighted by Crippen LogP contribution is -2.47. The van der Waals surface area contributed by atoms with Crippen molar-refractivity contribution >= 4 is 21.8 Å². The second-order valence-electron chi connectivity index (χ2n) is 7.90. The number of esters is 1. The minimum absolute atomic E-state index is 0.0103. The molecular formula is C24H28N2O6S. The van der Waals surface area contributed by atoms with Crippen LogP contribution in [-0.4, -0.2) is 39.9 Å². The maximum Gasteiger partial charge on any atom is 0.338 e. The van der Waals surface area contributed by atoms with Gasteiger partial charge in [-0.3, -0.25) is 0 Å². The molecule has 0 bridgehead atoms. The summed E-state index contributed by atoms with van der Waals surface area (Å²) in [4.78, 5) is 25.4. The van der Waals surface area contributed by atoms with Gasteiger partial charge in [0.05, 0.1) is 36.0 Å². The zero-order valence-corrected chi connectivity index (χ0v) is 20.1. The molecule has 0 spiro atoms. The fraction of sp³-hybridized carbons (Fsp3) is 0.333. The third kappa shape index (κ3) is 5.19. The third-order valence-electron chi connectivity index (χ3n) is 5.33. The monoisotopic (exact) mass is 472 g/mol. The number of amides is 2. The average Bonchev–Trinajstić information content (AvgIpc) is 2.72. The third-order valence-corrected chi connectivity index (χ3v) is 7.27. The molecule has 1 aliphatic heterocycles. The van der Waals surface area contributed by atoms with E-state index in [1.165, 1.54) is 7.11 Å². The normalized spacial score (nSPS) is 16.2. The minimum Gasteiger partial charge on any atom is -0.494 e. The highest BCUT2D eigenvalue weighted by Gasteiger charge is 2.36. The Kier molecular flexibility index (Phi) is 7.12. The van der Waals surface area contributed by atoms with E-state index < -0.39 is 33.6 Å². The first-order valence-corrected chi connectivity index (χ1v) is 12.1. The highest BCUT2D eigenvalue weighted by Crippen LogP contribution is 2.31. The van der Waals surface area contributed by atoms with Crippen LogP contribution in [0.15, 0.2) is 52.6 Å². The number of hydrogen-bond acceptors (Lipinski definition) is 6. The fourth-order valence-corrected chi connectivity index (χ4v) is 6.03. The van der Waals surface area contributed by atoms with Crippen LogP contribution in [-0.2, 0) is 19.4 Å². The zero-order valence-electron chi connectivity index (χ0n) is 19.3. The summed E-state index contributed by atoms with van der Waals surface area (Å²) in [5.74, 6) is -0.648. The van der Waals surface area contributed by atoms with Crippen LogP contribution in [0.1, 0.15) is 35.2 Å². The van der Waals surface area contributed by atoms with Crippen LogP contribution in [0.2, 0.25) is 0 Å². The number of ether oxygens (including phenoxy) is 2. The molecule has 2 aromatic rings. The van der Waals surface area contributed by atoms with Gasteiger partial charge in [-0.25, -0.2) is 18.0 Å². The van der Waals surface area contributed by atoms with Gasteiger partial charge < -0.3 is 20.1 Å². The van der Waals surface area contributed by atoms with Crippen molar-refractivity contribution in [3.05, 3.63) is 69.9 Å². The van der Waals surface area contributed by atoms with Crippen LogP contribution < -0.4 is 15.4 Å². The van der Waals surface area contributed by atoms with E-state index in [9.17, 15) is 18.0 Å². The van der Waals surface area contributed by atoms with Crippen LogP contribution in [0.4, 0.5) is 4.79 Å². The highest BCUT2D eigenvalue weighted by molar-refractivity contribution is 7.91. The molecule has 1 aliphatic rings. The standard InChI is InChI=1S/C24H28N2O6S/c1-6-32-18-9-7-17(8-10-18)21-20(23(27)31-5)19(25-24(28)26-21)13-33(29,30)22-15(3)11-14(2)12-16(22)4/h7-12,21H,6,13H2,1-5H3,(H2,25,26,28)/t21-/m1/s1. The molecule has 0 unspecified atom stereocenters. The molecule has 1 heterocycles. The molecule has 0 fully saturated rings. The summed E-state index contributed by atoms with van der Waals surface area (Å²) in [6.45, 7) is 7.71. The number of hydrogen-bond donors (Lipinski definition) is 2. The molecule has 0 saturated heterocycles. The van der Waals surface area contributed by atoms with Gasteiger partial charge in [0, 0.05) is 5.70 Å². The predicted molar refractivity (Wildman–Crippen MR) is 124 cm³/mol. The Labute approximate surface area is 193 Å². The zero-order chi connectivity index (χ0) is 24.3. The molecule has 0 aliphatic carbocycles. The molecule has 0 saturated carbocycles. The molecule has 0 radical (unpaired) electrons. The van der Waals surface area contributed by atoms with Crippen molar-refractivity contribution < 1.29 is 27.5 Å². The second-order valence-corrected chi connectivity index (χ2v) is 9.83. The van der Waals surface area contributed by atoms with Gasteiger partial charge in [0.15, 0.2) is 9.84 Å². The molecule has 1 atom stereocenters. The predicted octanol–water partition coefficient (Wildman–Crippen LogP) is 3.27.